The third kappa shape index (κ3) is 1.99. The van der Waals surface area contributed by atoms with E-state index in [0.717, 1.165) is 5.92 Å². The molecule has 0 saturated heterocycles. The van der Waals surface area contributed by atoms with Crippen LogP contribution in [0.5, 0.6) is 0 Å². The summed E-state index contributed by atoms with van der Waals surface area (Å²) in [5, 5.41) is 0. The zero-order chi connectivity index (χ0) is 15.5. The molecule has 2 fully saturated rings. The normalized spacial score (nSPS) is 48.8. The molecule has 5 atom stereocenters. The quantitative estimate of drug-likeness (QED) is 0.466. The van der Waals surface area contributed by atoms with Gasteiger partial charge < -0.3 is 4.79 Å². The summed E-state index contributed by atoms with van der Waals surface area (Å²) < 4.78 is 0. The molecule has 0 N–H and O–H groups in total. The number of rotatable bonds is 1. The molecule has 0 aliphatic heterocycles. The van der Waals surface area contributed by atoms with Crippen LogP contribution < -0.4 is 0 Å². The minimum Gasteiger partial charge on any atom is -0.303 e. The summed E-state index contributed by atoms with van der Waals surface area (Å²) in [5.74, 6) is 1.66. The molecular weight excluding hydrogens is 256 g/mol. The molecule has 0 bridgehead atoms. The van der Waals surface area contributed by atoms with Gasteiger partial charge in [0, 0.05) is 5.92 Å². The van der Waals surface area contributed by atoms with Crippen LogP contribution >= 0.6 is 0 Å². The Morgan fingerprint density at radius 1 is 1.05 bits per heavy atom. The van der Waals surface area contributed by atoms with Gasteiger partial charge in [0.25, 0.3) is 0 Å². The van der Waals surface area contributed by atoms with Crippen LogP contribution in [0, 0.1) is 34.0 Å². The average molecular weight is 288 g/mol. The Morgan fingerprint density at radius 3 is 2.43 bits per heavy atom. The van der Waals surface area contributed by atoms with Crippen LogP contribution in [-0.4, -0.2) is 6.29 Å². The van der Waals surface area contributed by atoms with E-state index in [2.05, 4.69) is 40.7 Å². The largest absolute Gasteiger partial charge is 0.303 e. The molecule has 0 heterocycles. The molecule has 1 heteroatoms. The van der Waals surface area contributed by atoms with Gasteiger partial charge in [-0.25, -0.2) is 0 Å². The van der Waals surface area contributed by atoms with Gasteiger partial charge in [0.05, 0.1) is 0 Å². The maximum atomic E-state index is 11.8. The van der Waals surface area contributed by atoms with Crippen molar-refractivity contribution in [3.8, 4) is 0 Å². The van der Waals surface area contributed by atoms with Gasteiger partial charge in [-0.1, -0.05) is 45.8 Å². The monoisotopic (exact) mass is 288 g/mol. The van der Waals surface area contributed by atoms with Crippen LogP contribution in [0.1, 0.15) is 73.1 Å². The van der Waals surface area contributed by atoms with Crippen LogP contribution in [-0.2, 0) is 4.79 Å². The van der Waals surface area contributed by atoms with E-state index in [9.17, 15) is 4.79 Å². The van der Waals surface area contributed by atoms with Crippen molar-refractivity contribution in [2.75, 3.05) is 0 Å². The second-order valence-electron chi connectivity index (χ2n) is 9.30. The van der Waals surface area contributed by atoms with E-state index in [0.29, 0.717) is 16.7 Å². The number of aldehydes is 1. The van der Waals surface area contributed by atoms with Crippen LogP contribution in [0.3, 0.4) is 0 Å². The van der Waals surface area contributed by atoms with Gasteiger partial charge in [0.1, 0.15) is 6.29 Å². The van der Waals surface area contributed by atoms with Crippen LogP contribution in [0.4, 0.5) is 0 Å². The maximum Gasteiger partial charge on any atom is 0.127 e. The van der Waals surface area contributed by atoms with Crippen LogP contribution in [0.15, 0.2) is 11.6 Å². The highest BCUT2D eigenvalue weighted by Crippen LogP contribution is 2.67. The highest BCUT2D eigenvalue weighted by Gasteiger charge is 2.60. The molecular formula is C20H32O. The summed E-state index contributed by atoms with van der Waals surface area (Å²) in [6.45, 7) is 12.1. The van der Waals surface area contributed by atoms with Crippen molar-refractivity contribution < 1.29 is 4.79 Å². The first kappa shape index (κ1) is 15.3. The third-order valence-corrected chi connectivity index (χ3v) is 7.85. The molecule has 3 rings (SSSR count). The Morgan fingerprint density at radius 2 is 1.76 bits per heavy atom. The van der Waals surface area contributed by atoms with E-state index in [-0.39, 0.29) is 11.3 Å². The number of fused-ring (bicyclic) bond motifs is 3. The fraction of sp³-hybridized carbons (Fsp3) is 0.850. The van der Waals surface area contributed by atoms with Crippen molar-refractivity contribution in [2.24, 2.45) is 34.0 Å². The molecule has 0 amide bonds. The van der Waals surface area contributed by atoms with Crippen LogP contribution in [0.2, 0.25) is 0 Å². The minimum atomic E-state index is 0.152. The topological polar surface area (TPSA) is 17.1 Å². The second kappa shape index (κ2) is 4.70. The molecule has 0 aromatic heterocycles. The number of carbonyl (C=O) groups is 1. The Bertz CT molecular complexity index is 474. The number of hydrogen-bond donors (Lipinski definition) is 0. The summed E-state index contributed by atoms with van der Waals surface area (Å²) >= 11 is 0. The highest BCUT2D eigenvalue weighted by atomic mass is 16.1. The first-order valence-electron chi connectivity index (χ1n) is 8.88. The van der Waals surface area contributed by atoms with Crippen molar-refractivity contribution in [2.45, 2.75) is 73.1 Å². The van der Waals surface area contributed by atoms with E-state index in [1.165, 1.54) is 50.4 Å². The molecule has 3 aliphatic rings. The Balaban J connectivity index is 2.05. The van der Waals surface area contributed by atoms with Gasteiger partial charge in [-0.2, -0.15) is 0 Å². The van der Waals surface area contributed by atoms with Crippen LogP contribution in [0.25, 0.3) is 0 Å². The lowest BCUT2D eigenvalue weighted by Gasteiger charge is -2.64. The van der Waals surface area contributed by atoms with Crippen molar-refractivity contribution in [1.82, 2.24) is 0 Å². The summed E-state index contributed by atoms with van der Waals surface area (Å²) in [7, 11) is 0. The lowest BCUT2D eigenvalue weighted by atomic mass is 9.40. The molecule has 0 spiro atoms. The number of allylic oxidation sites excluding steroid dienone is 2. The predicted octanol–water partition coefficient (Wildman–Crippen LogP) is 5.40. The summed E-state index contributed by atoms with van der Waals surface area (Å²) in [6.07, 6.45) is 11.5. The summed E-state index contributed by atoms with van der Waals surface area (Å²) in [5.41, 5.74) is 2.41. The maximum absolute atomic E-state index is 11.8. The first-order chi connectivity index (χ1) is 9.75. The lowest BCUT2D eigenvalue weighted by molar-refractivity contribution is -0.149. The molecule has 2 saturated carbocycles. The summed E-state index contributed by atoms with van der Waals surface area (Å²) in [4.78, 5) is 11.8. The van der Waals surface area contributed by atoms with Gasteiger partial charge in [-0.05, 0) is 67.1 Å². The molecule has 1 unspecified atom stereocenters. The summed E-state index contributed by atoms with van der Waals surface area (Å²) in [6, 6.07) is 0. The fourth-order valence-electron chi connectivity index (χ4n) is 6.81. The zero-order valence-electron chi connectivity index (χ0n) is 14.5. The second-order valence-corrected chi connectivity index (χ2v) is 9.30. The van der Waals surface area contributed by atoms with Crippen molar-refractivity contribution >= 4 is 6.29 Å². The Hall–Kier alpha value is -0.590. The van der Waals surface area contributed by atoms with Gasteiger partial charge in [0.15, 0.2) is 0 Å². The number of hydrogen-bond acceptors (Lipinski definition) is 1. The lowest BCUT2D eigenvalue weighted by Crippen LogP contribution is -2.57. The first-order valence-corrected chi connectivity index (χ1v) is 8.88. The third-order valence-electron chi connectivity index (χ3n) is 7.85. The van der Waals surface area contributed by atoms with Gasteiger partial charge in [0.2, 0.25) is 0 Å². The average Bonchev–Trinajstić information content (AvgIpc) is 2.36. The Labute approximate surface area is 130 Å². The zero-order valence-corrected chi connectivity index (χ0v) is 14.5. The van der Waals surface area contributed by atoms with Gasteiger partial charge in [-0.3, -0.25) is 0 Å². The predicted molar refractivity (Wildman–Crippen MR) is 88.0 cm³/mol. The van der Waals surface area contributed by atoms with Gasteiger partial charge in [-0.15, -0.1) is 0 Å². The van der Waals surface area contributed by atoms with Crippen molar-refractivity contribution in [1.29, 1.82) is 0 Å². The van der Waals surface area contributed by atoms with E-state index in [1.54, 1.807) is 0 Å². The minimum absolute atomic E-state index is 0.152. The van der Waals surface area contributed by atoms with E-state index >= 15 is 0 Å². The molecule has 21 heavy (non-hydrogen) atoms. The van der Waals surface area contributed by atoms with E-state index in [1.807, 2.05) is 0 Å². The van der Waals surface area contributed by atoms with Gasteiger partial charge >= 0.3 is 0 Å². The molecule has 0 radical (unpaired) electrons. The standard InChI is InChI=1S/C20H32O/c1-14-7-8-17-19(4,15(14)13-21)12-9-16-18(2,3)10-6-11-20(16,17)5/h7,13,15-17H,6,8-12H2,1-5H3/t15-,16?,17+,19+,20+/m1/s1. The fourth-order valence-corrected chi connectivity index (χ4v) is 6.81. The SMILES string of the molecule is CC1=CC[C@H]2[C@@](C)(CCC3C(C)(C)CCC[C@@]32C)[C@@H]1C=O. The molecule has 118 valence electrons. The Kier molecular flexibility index (Phi) is 3.43. The molecule has 0 aromatic rings. The van der Waals surface area contributed by atoms with Crippen molar-refractivity contribution in [3.63, 3.8) is 0 Å². The van der Waals surface area contributed by atoms with E-state index < -0.39 is 0 Å². The molecule has 1 nitrogen and oxygen atoms in total. The van der Waals surface area contributed by atoms with E-state index in [4.69, 9.17) is 0 Å². The highest BCUT2D eigenvalue weighted by molar-refractivity contribution is 5.61. The molecule has 0 aromatic carbocycles. The number of carbonyl (C=O) groups excluding carboxylic acids is 1. The smallest absolute Gasteiger partial charge is 0.127 e. The van der Waals surface area contributed by atoms with Crippen molar-refractivity contribution in [3.05, 3.63) is 11.6 Å². The molecule has 3 aliphatic carbocycles.